The van der Waals surface area contributed by atoms with Gasteiger partial charge >= 0.3 is 5.97 Å². The van der Waals surface area contributed by atoms with Crippen molar-refractivity contribution in [1.29, 1.82) is 0 Å². The van der Waals surface area contributed by atoms with Gasteiger partial charge < -0.3 is 5.11 Å². The van der Waals surface area contributed by atoms with Crippen molar-refractivity contribution >= 4 is 18.1 Å². The lowest BCUT2D eigenvalue weighted by Crippen LogP contribution is -2.16. The summed E-state index contributed by atoms with van der Waals surface area (Å²) in [5, 5.41) is 8.35. The number of hydrogen-bond donors (Lipinski definition) is 1. The SMILES string of the molecule is O=C(O)CC1C=CC=NC1=O. The molecule has 0 spiro atoms. The molecule has 0 aliphatic carbocycles. The third-order valence-corrected chi connectivity index (χ3v) is 1.34. The Kier molecular flexibility index (Phi) is 2.15. The molecule has 0 aromatic carbocycles. The fourth-order valence-corrected chi connectivity index (χ4v) is 0.822. The molecule has 4 nitrogen and oxygen atoms in total. The van der Waals surface area contributed by atoms with Crippen molar-refractivity contribution in [3.63, 3.8) is 0 Å². The third kappa shape index (κ3) is 2.00. The van der Waals surface area contributed by atoms with E-state index in [0.29, 0.717) is 0 Å². The topological polar surface area (TPSA) is 66.7 Å². The van der Waals surface area contributed by atoms with E-state index in [0.717, 1.165) is 0 Å². The molecule has 1 aliphatic heterocycles. The lowest BCUT2D eigenvalue weighted by Gasteiger charge is -2.06. The van der Waals surface area contributed by atoms with E-state index in [4.69, 9.17) is 5.11 Å². The number of rotatable bonds is 2. The molecule has 1 N–H and O–H groups in total. The van der Waals surface area contributed by atoms with Crippen molar-refractivity contribution in [3.05, 3.63) is 12.2 Å². The number of dihydropyridines is 1. The van der Waals surface area contributed by atoms with Crippen LogP contribution in [-0.4, -0.2) is 23.2 Å². The van der Waals surface area contributed by atoms with Crippen molar-refractivity contribution in [1.82, 2.24) is 0 Å². The molecule has 0 aromatic heterocycles. The number of aliphatic imine (C=N–C) groups is 1. The second-order valence-electron chi connectivity index (χ2n) is 2.21. The molecule has 0 fully saturated rings. The van der Waals surface area contributed by atoms with Gasteiger partial charge in [0.05, 0.1) is 12.3 Å². The number of carboxylic acid groups (broad SMARTS) is 1. The molecule has 0 saturated heterocycles. The number of amides is 1. The second kappa shape index (κ2) is 3.09. The van der Waals surface area contributed by atoms with Crippen LogP contribution < -0.4 is 0 Å². The Morgan fingerprint density at radius 2 is 2.45 bits per heavy atom. The van der Waals surface area contributed by atoms with Crippen LogP contribution in [0.15, 0.2) is 17.1 Å². The molecule has 0 radical (unpaired) electrons. The summed E-state index contributed by atoms with van der Waals surface area (Å²) in [7, 11) is 0. The zero-order chi connectivity index (χ0) is 8.27. The summed E-state index contributed by atoms with van der Waals surface area (Å²) in [6.45, 7) is 0. The quantitative estimate of drug-likeness (QED) is 0.618. The molecule has 1 atom stereocenters. The number of carboxylic acids is 1. The van der Waals surface area contributed by atoms with Crippen LogP contribution >= 0.6 is 0 Å². The second-order valence-corrected chi connectivity index (χ2v) is 2.21. The highest BCUT2D eigenvalue weighted by molar-refractivity contribution is 5.95. The minimum atomic E-state index is -0.981. The van der Waals surface area contributed by atoms with E-state index in [1.165, 1.54) is 6.21 Å². The fraction of sp³-hybridized carbons (Fsp3) is 0.286. The van der Waals surface area contributed by atoms with Gasteiger partial charge in [-0.05, 0) is 6.08 Å². The maximum absolute atomic E-state index is 10.8. The standard InChI is InChI=1S/C7H7NO3/c9-6(10)4-5-2-1-3-8-7(5)11/h1-3,5H,4H2,(H,9,10). The van der Waals surface area contributed by atoms with Gasteiger partial charge in [-0.15, -0.1) is 0 Å². The number of carbonyl (C=O) groups excluding carboxylic acids is 1. The Balaban J connectivity index is 2.59. The van der Waals surface area contributed by atoms with Gasteiger partial charge in [0, 0.05) is 6.21 Å². The van der Waals surface area contributed by atoms with Gasteiger partial charge in [-0.2, -0.15) is 0 Å². The van der Waals surface area contributed by atoms with Crippen LogP contribution in [0.2, 0.25) is 0 Å². The van der Waals surface area contributed by atoms with E-state index in [1.807, 2.05) is 0 Å². The Morgan fingerprint density at radius 3 is 3.00 bits per heavy atom. The summed E-state index contributed by atoms with van der Waals surface area (Å²) in [5.41, 5.74) is 0. The molecule has 1 rings (SSSR count). The summed E-state index contributed by atoms with van der Waals surface area (Å²) >= 11 is 0. The zero-order valence-electron chi connectivity index (χ0n) is 5.73. The number of carbonyl (C=O) groups is 2. The average molecular weight is 153 g/mol. The number of nitrogens with zero attached hydrogens (tertiary/aromatic N) is 1. The van der Waals surface area contributed by atoms with Gasteiger partial charge in [0.15, 0.2) is 0 Å². The van der Waals surface area contributed by atoms with Crippen LogP contribution in [0.4, 0.5) is 0 Å². The van der Waals surface area contributed by atoms with Gasteiger partial charge in [0.25, 0.3) is 5.91 Å². The maximum atomic E-state index is 10.8. The predicted octanol–water partition coefficient (Wildman–Crippen LogP) is 0.245. The van der Waals surface area contributed by atoms with E-state index >= 15 is 0 Å². The van der Waals surface area contributed by atoms with Crippen LogP contribution in [0.25, 0.3) is 0 Å². The molecule has 4 heteroatoms. The first-order chi connectivity index (χ1) is 5.20. The molecule has 1 amide bonds. The molecule has 11 heavy (non-hydrogen) atoms. The van der Waals surface area contributed by atoms with E-state index in [9.17, 15) is 9.59 Å². The first kappa shape index (κ1) is 7.65. The van der Waals surface area contributed by atoms with Crippen LogP contribution in [0.3, 0.4) is 0 Å². The van der Waals surface area contributed by atoms with E-state index in [-0.39, 0.29) is 12.3 Å². The normalized spacial score (nSPS) is 22.2. The average Bonchev–Trinajstić information content (AvgIpc) is 1.93. The Morgan fingerprint density at radius 1 is 1.73 bits per heavy atom. The lowest BCUT2D eigenvalue weighted by atomic mass is 10.0. The van der Waals surface area contributed by atoms with Gasteiger partial charge in [0.2, 0.25) is 0 Å². The highest BCUT2D eigenvalue weighted by Crippen LogP contribution is 2.09. The van der Waals surface area contributed by atoms with Crippen molar-refractivity contribution in [2.45, 2.75) is 6.42 Å². The highest BCUT2D eigenvalue weighted by atomic mass is 16.4. The predicted molar refractivity (Wildman–Crippen MR) is 38.4 cm³/mol. The van der Waals surface area contributed by atoms with E-state index in [2.05, 4.69) is 4.99 Å². The summed E-state index contributed by atoms with van der Waals surface area (Å²) in [6.07, 6.45) is 4.31. The molecule has 1 heterocycles. The van der Waals surface area contributed by atoms with E-state index < -0.39 is 11.9 Å². The fourth-order valence-electron chi connectivity index (χ4n) is 0.822. The maximum Gasteiger partial charge on any atom is 0.304 e. The molecule has 1 unspecified atom stereocenters. The van der Waals surface area contributed by atoms with Crippen molar-refractivity contribution in [2.75, 3.05) is 0 Å². The smallest absolute Gasteiger partial charge is 0.304 e. The first-order valence-electron chi connectivity index (χ1n) is 3.16. The molecule has 0 saturated carbocycles. The minimum Gasteiger partial charge on any atom is -0.481 e. The van der Waals surface area contributed by atoms with Crippen LogP contribution in [0, 0.1) is 5.92 Å². The van der Waals surface area contributed by atoms with Gasteiger partial charge in [-0.25, -0.2) is 4.99 Å². The molecular formula is C7H7NO3. The third-order valence-electron chi connectivity index (χ3n) is 1.34. The molecule has 1 aliphatic rings. The number of allylic oxidation sites excluding steroid dienone is 1. The Labute approximate surface area is 63.2 Å². The molecule has 0 aromatic rings. The lowest BCUT2D eigenvalue weighted by molar-refractivity contribution is -0.139. The van der Waals surface area contributed by atoms with Crippen LogP contribution in [0.1, 0.15) is 6.42 Å². The molecule has 58 valence electrons. The first-order valence-corrected chi connectivity index (χ1v) is 3.16. The number of hydrogen-bond acceptors (Lipinski definition) is 2. The van der Waals surface area contributed by atoms with Crippen molar-refractivity contribution in [3.8, 4) is 0 Å². The Bertz CT molecular complexity index is 242. The van der Waals surface area contributed by atoms with Crippen molar-refractivity contribution in [2.24, 2.45) is 10.9 Å². The zero-order valence-corrected chi connectivity index (χ0v) is 5.73. The monoisotopic (exact) mass is 153 g/mol. The van der Waals surface area contributed by atoms with E-state index in [1.54, 1.807) is 12.2 Å². The van der Waals surface area contributed by atoms with Gasteiger partial charge in [-0.3, -0.25) is 9.59 Å². The highest BCUT2D eigenvalue weighted by Gasteiger charge is 2.18. The van der Waals surface area contributed by atoms with Crippen LogP contribution in [0.5, 0.6) is 0 Å². The summed E-state index contributed by atoms with van der Waals surface area (Å²) in [6, 6.07) is 0. The Hall–Kier alpha value is -1.45. The summed E-state index contributed by atoms with van der Waals surface area (Å²) in [5.74, 6) is -1.93. The van der Waals surface area contributed by atoms with Gasteiger partial charge in [-0.1, -0.05) is 6.08 Å². The molecular weight excluding hydrogens is 146 g/mol. The summed E-state index contributed by atoms with van der Waals surface area (Å²) < 4.78 is 0. The summed E-state index contributed by atoms with van der Waals surface area (Å²) in [4.78, 5) is 24.4. The minimum absolute atomic E-state index is 0.174. The number of aliphatic carboxylic acids is 1. The van der Waals surface area contributed by atoms with Crippen LogP contribution in [-0.2, 0) is 9.59 Å². The molecule has 0 bridgehead atoms. The largest absolute Gasteiger partial charge is 0.481 e. The van der Waals surface area contributed by atoms with Crippen molar-refractivity contribution < 1.29 is 14.7 Å². The van der Waals surface area contributed by atoms with Gasteiger partial charge in [0.1, 0.15) is 0 Å².